The Bertz CT molecular complexity index is 1010. The number of nitrogens with zero attached hydrogens (tertiary/aromatic N) is 1. The molecule has 0 aliphatic carbocycles. The summed E-state index contributed by atoms with van der Waals surface area (Å²) in [5.74, 6) is -1.82. The fourth-order valence-electron chi connectivity index (χ4n) is 2.53. The zero-order valence-electron chi connectivity index (χ0n) is 13.5. The van der Waals surface area contributed by atoms with Crippen LogP contribution in [0.2, 0.25) is 0 Å². The van der Waals surface area contributed by atoms with Gasteiger partial charge >= 0.3 is 5.97 Å². The van der Waals surface area contributed by atoms with E-state index < -0.39 is 23.2 Å². The Kier molecular flexibility index (Phi) is 4.63. The molecular weight excluding hydrogens is 350 g/mol. The van der Waals surface area contributed by atoms with Gasteiger partial charge < -0.3 is 9.72 Å². The number of ether oxygens (including phenoxy) is 1. The second kappa shape index (κ2) is 6.72. The topological polar surface area (TPSA) is 72.0 Å². The molecule has 0 saturated heterocycles. The normalized spacial score (nSPS) is 11.0. The number of aryl methyl sites for hydroxylation is 1. The molecule has 130 valence electrons. The Morgan fingerprint density at radius 2 is 2.00 bits per heavy atom. The molecule has 0 aliphatic heterocycles. The van der Waals surface area contributed by atoms with Crippen LogP contribution in [0.25, 0.3) is 10.2 Å². The van der Waals surface area contributed by atoms with Gasteiger partial charge in [0.2, 0.25) is 0 Å². The quantitative estimate of drug-likeness (QED) is 0.721. The van der Waals surface area contributed by atoms with Gasteiger partial charge in [-0.2, -0.15) is 0 Å². The Morgan fingerprint density at radius 1 is 1.32 bits per heavy atom. The lowest BCUT2D eigenvalue weighted by Crippen LogP contribution is -2.13. The van der Waals surface area contributed by atoms with Gasteiger partial charge in [0.25, 0.3) is 5.56 Å². The smallest absolute Gasteiger partial charge is 0.348 e. The van der Waals surface area contributed by atoms with Crippen molar-refractivity contribution in [2.75, 3.05) is 6.61 Å². The molecule has 0 aliphatic rings. The molecule has 2 heterocycles. The van der Waals surface area contributed by atoms with Crippen molar-refractivity contribution < 1.29 is 18.3 Å². The van der Waals surface area contributed by atoms with E-state index in [9.17, 15) is 18.4 Å². The predicted molar refractivity (Wildman–Crippen MR) is 90.1 cm³/mol. The van der Waals surface area contributed by atoms with Gasteiger partial charge in [-0.15, -0.1) is 11.3 Å². The highest BCUT2D eigenvalue weighted by Gasteiger charge is 2.20. The molecule has 25 heavy (non-hydrogen) atoms. The van der Waals surface area contributed by atoms with Gasteiger partial charge in [0, 0.05) is 12.0 Å². The maximum absolute atomic E-state index is 13.8. The highest BCUT2D eigenvalue weighted by atomic mass is 32.1. The maximum Gasteiger partial charge on any atom is 0.348 e. The molecule has 5 nitrogen and oxygen atoms in total. The maximum atomic E-state index is 13.8. The van der Waals surface area contributed by atoms with Gasteiger partial charge in [-0.25, -0.2) is 18.6 Å². The van der Waals surface area contributed by atoms with E-state index in [0.29, 0.717) is 15.3 Å². The number of hydrogen-bond acceptors (Lipinski definition) is 5. The van der Waals surface area contributed by atoms with Crippen molar-refractivity contribution in [3.63, 3.8) is 0 Å². The zero-order chi connectivity index (χ0) is 18.1. The molecule has 0 radical (unpaired) electrons. The summed E-state index contributed by atoms with van der Waals surface area (Å²) >= 11 is 1.03. The minimum absolute atomic E-state index is 0.123. The van der Waals surface area contributed by atoms with Gasteiger partial charge in [-0.3, -0.25) is 4.79 Å². The minimum Gasteiger partial charge on any atom is -0.462 e. The van der Waals surface area contributed by atoms with Crippen LogP contribution in [0, 0.1) is 18.6 Å². The van der Waals surface area contributed by atoms with E-state index in [4.69, 9.17) is 4.74 Å². The third-order valence-corrected chi connectivity index (χ3v) is 4.88. The second-order valence-electron chi connectivity index (χ2n) is 5.35. The number of carbonyl (C=O) groups excluding carboxylic acids is 1. The van der Waals surface area contributed by atoms with E-state index in [1.54, 1.807) is 13.8 Å². The Morgan fingerprint density at radius 3 is 2.64 bits per heavy atom. The van der Waals surface area contributed by atoms with Crippen molar-refractivity contribution >= 4 is 27.5 Å². The number of rotatable bonds is 4. The molecule has 0 amide bonds. The van der Waals surface area contributed by atoms with Crippen LogP contribution in [0.1, 0.15) is 33.5 Å². The molecule has 8 heteroatoms. The first-order valence-electron chi connectivity index (χ1n) is 7.54. The van der Waals surface area contributed by atoms with Gasteiger partial charge in [0.15, 0.2) is 0 Å². The van der Waals surface area contributed by atoms with Crippen LogP contribution >= 0.6 is 11.3 Å². The predicted octanol–water partition coefficient (Wildman–Crippen LogP) is 3.34. The summed E-state index contributed by atoms with van der Waals surface area (Å²) in [5.41, 5.74) is -0.152. The number of halogens is 2. The number of esters is 1. The SMILES string of the molecule is CCOC(=O)c1sc2nc(Cc3c(F)cccc3F)[nH]c(=O)c2c1C. The number of aromatic nitrogens is 2. The van der Waals surface area contributed by atoms with E-state index in [0.717, 1.165) is 23.5 Å². The summed E-state index contributed by atoms with van der Waals surface area (Å²) in [5, 5.41) is 0.283. The van der Waals surface area contributed by atoms with E-state index in [1.165, 1.54) is 6.07 Å². The molecule has 0 atom stereocenters. The first kappa shape index (κ1) is 17.2. The number of hydrogen-bond donors (Lipinski definition) is 1. The third kappa shape index (κ3) is 3.17. The first-order chi connectivity index (χ1) is 11.9. The summed E-state index contributed by atoms with van der Waals surface area (Å²) < 4.78 is 32.5. The van der Waals surface area contributed by atoms with Crippen molar-refractivity contribution in [3.8, 4) is 0 Å². The molecule has 1 aromatic carbocycles. The zero-order valence-corrected chi connectivity index (χ0v) is 14.3. The monoisotopic (exact) mass is 364 g/mol. The standard InChI is InChI=1S/C17H14F2N2O3S/c1-3-24-17(23)14-8(2)13-15(22)20-12(21-16(13)25-14)7-9-10(18)5-4-6-11(9)19/h4-6H,3,7H2,1-2H3,(H,20,21,22). The summed E-state index contributed by atoms with van der Waals surface area (Å²) in [4.78, 5) is 31.7. The molecule has 0 bridgehead atoms. The third-order valence-electron chi connectivity index (χ3n) is 3.72. The Hall–Kier alpha value is -2.61. The van der Waals surface area contributed by atoms with Crippen LogP contribution in [0.15, 0.2) is 23.0 Å². The lowest BCUT2D eigenvalue weighted by Gasteiger charge is -2.04. The summed E-state index contributed by atoms with van der Waals surface area (Å²) in [6, 6.07) is 3.55. The molecule has 2 aromatic heterocycles. The molecule has 0 unspecified atom stereocenters. The first-order valence-corrected chi connectivity index (χ1v) is 8.36. The number of fused-ring (bicyclic) bond motifs is 1. The second-order valence-corrected chi connectivity index (χ2v) is 6.35. The van der Waals surface area contributed by atoms with E-state index >= 15 is 0 Å². The van der Waals surface area contributed by atoms with Crippen LogP contribution in [0.3, 0.4) is 0 Å². The number of aromatic amines is 1. The highest BCUT2D eigenvalue weighted by Crippen LogP contribution is 2.28. The fourth-order valence-corrected chi connectivity index (χ4v) is 3.63. The molecule has 0 fully saturated rings. The fraction of sp³-hybridized carbons (Fsp3) is 0.235. The van der Waals surface area contributed by atoms with E-state index in [-0.39, 0.29) is 29.8 Å². The van der Waals surface area contributed by atoms with Gasteiger partial charge in [0.05, 0.1) is 12.0 Å². The lowest BCUT2D eigenvalue weighted by atomic mass is 10.1. The largest absolute Gasteiger partial charge is 0.462 e. The lowest BCUT2D eigenvalue weighted by molar-refractivity contribution is 0.0531. The summed E-state index contributed by atoms with van der Waals surface area (Å²) in [6.07, 6.45) is -0.199. The van der Waals surface area contributed by atoms with Crippen LogP contribution in [-0.2, 0) is 11.2 Å². The average Bonchev–Trinajstić information content (AvgIpc) is 2.89. The molecule has 1 N–H and O–H groups in total. The van der Waals surface area contributed by atoms with Crippen LogP contribution in [-0.4, -0.2) is 22.5 Å². The molecule has 3 rings (SSSR count). The van der Waals surface area contributed by atoms with Gasteiger partial charge in [-0.05, 0) is 31.5 Å². The van der Waals surface area contributed by atoms with Crippen LogP contribution < -0.4 is 5.56 Å². The molecule has 0 saturated carbocycles. The highest BCUT2D eigenvalue weighted by molar-refractivity contribution is 7.20. The molecule has 3 aromatic rings. The Balaban J connectivity index is 2.08. The number of H-pyrrole nitrogens is 1. The van der Waals surface area contributed by atoms with Crippen molar-refractivity contribution in [1.82, 2.24) is 9.97 Å². The van der Waals surface area contributed by atoms with Crippen molar-refractivity contribution in [1.29, 1.82) is 0 Å². The van der Waals surface area contributed by atoms with Crippen LogP contribution in [0.4, 0.5) is 8.78 Å². The van der Waals surface area contributed by atoms with Crippen LogP contribution in [0.5, 0.6) is 0 Å². The number of nitrogens with one attached hydrogen (secondary N) is 1. The van der Waals surface area contributed by atoms with E-state index in [1.807, 2.05) is 0 Å². The van der Waals surface area contributed by atoms with E-state index in [2.05, 4.69) is 9.97 Å². The van der Waals surface area contributed by atoms with Gasteiger partial charge in [0.1, 0.15) is 27.2 Å². The number of thiophene rings is 1. The minimum atomic E-state index is -0.711. The Labute approximate surface area is 145 Å². The van der Waals surface area contributed by atoms with Crippen molar-refractivity contribution in [2.45, 2.75) is 20.3 Å². The number of carbonyl (C=O) groups is 1. The van der Waals surface area contributed by atoms with Crippen molar-refractivity contribution in [3.05, 3.63) is 62.0 Å². The number of benzene rings is 1. The molecule has 0 spiro atoms. The molecular formula is C17H14F2N2O3S. The summed E-state index contributed by atoms with van der Waals surface area (Å²) in [7, 11) is 0. The summed E-state index contributed by atoms with van der Waals surface area (Å²) in [6.45, 7) is 3.54. The van der Waals surface area contributed by atoms with Crippen molar-refractivity contribution in [2.24, 2.45) is 0 Å². The average molecular weight is 364 g/mol. The van der Waals surface area contributed by atoms with Gasteiger partial charge in [-0.1, -0.05) is 6.07 Å².